The summed E-state index contributed by atoms with van der Waals surface area (Å²) >= 11 is 0. The van der Waals surface area contributed by atoms with Gasteiger partial charge >= 0.3 is 5.97 Å². The van der Waals surface area contributed by atoms with Gasteiger partial charge in [-0.25, -0.2) is 0 Å². The van der Waals surface area contributed by atoms with Gasteiger partial charge in [-0.3, -0.25) is 4.79 Å². The molecule has 0 amide bonds. The van der Waals surface area contributed by atoms with Crippen LogP contribution in [0.2, 0.25) is 0 Å². The molecule has 0 aliphatic heterocycles. The number of ether oxygens (including phenoxy) is 2. The van der Waals surface area contributed by atoms with Gasteiger partial charge in [-0.1, -0.05) is 0 Å². The maximum atomic E-state index is 11.2. The van der Waals surface area contributed by atoms with Crippen LogP contribution in [0, 0.1) is 16.7 Å². The fraction of sp³-hybridized carbons (Fsp3) is 0.750. The fourth-order valence-corrected chi connectivity index (χ4v) is 0.716. The van der Waals surface area contributed by atoms with Crippen LogP contribution in [0.4, 0.5) is 0 Å². The first-order chi connectivity index (χ1) is 5.60. The van der Waals surface area contributed by atoms with Crippen LogP contribution in [0.15, 0.2) is 0 Å². The Bertz CT molecular complexity index is 197. The summed E-state index contributed by atoms with van der Waals surface area (Å²) in [4.78, 5) is 11.2. The molecule has 0 aromatic heterocycles. The second kappa shape index (κ2) is 4.73. The van der Waals surface area contributed by atoms with Crippen molar-refractivity contribution in [1.29, 1.82) is 5.26 Å². The fourth-order valence-electron chi connectivity index (χ4n) is 0.716. The highest BCUT2D eigenvalue weighted by atomic mass is 16.5. The molecule has 0 fully saturated rings. The van der Waals surface area contributed by atoms with E-state index in [1.165, 1.54) is 14.0 Å². The van der Waals surface area contributed by atoms with Crippen molar-refractivity contribution >= 4 is 5.97 Å². The average Bonchev–Trinajstić information content (AvgIpc) is 2.05. The van der Waals surface area contributed by atoms with Crippen molar-refractivity contribution in [2.45, 2.75) is 13.8 Å². The molecule has 0 aliphatic carbocycles. The Labute approximate surface area is 72.1 Å². The first-order valence-corrected chi connectivity index (χ1v) is 3.68. The van der Waals surface area contributed by atoms with Gasteiger partial charge in [0.2, 0.25) is 0 Å². The number of hydrogen-bond donors (Lipinski definition) is 0. The van der Waals surface area contributed by atoms with Gasteiger partial charge in [0, 0.05) is 7.11 Å². The van der Waals surface area contributed by atoms with Crippen LogP contribution in [-0.2, 0) is 14.3 Å². The van der Waals surface area contributed by atoms with Crippen LogP contribution in [-0.4, -0.2) is 26.3 Å². The normalized spacial score (nSPS) is 14.5. The molecule has 1 unspecified atom stereocenters. The van der Waals surface area contributed by atoms with Crippen molar-refractivity contribution in [3.8, 4) is 6.07 Å². The van der Waals surface area contributed by atoms with Gasteiger partial charge in [0.15, 0.2) is 5.41 Å². The standard InChI is InChI=1S/C8H13NO3/c1-4-12-7(10)8(2,5-9)6-11-3/h4,6H2,1-3H3. The van der Waals surface area contributed by atoms with Crippen LogP contribution in [0.5, 0.6) is 0 Å². The van der Waals surface area contributed by atoms with Crippen LogP contribution in [0.1, 0.15) is 13.8 Å². The largest absolute Gasteiger partial charge is 0.465 e. The maximum absolute atomic E-state index is 11.2. The zero-order chi connectivity index (χ0) is 9.61. The molecule has 0 saturated carbocycles. The van der Waals surface area contributed by atoms with Crippen LogP contribution in [0.3, 0.4) is 0 Å². The summed E-state index contributed by atoms with van der Waals surface area (Å²) in [6.07, 6.45) is 0. The number of hydrogen-bond acceptors (Lipinski definition) is 4. The lowest BCUT2D eigenvalue weighted by atomic mass is 9.94. The summed E-state index contributed by atoms with van der Waals surface area (Å²) in [6.45, 7) is 3.53. The first-order valence-electron chi connectivity index (χ1n) is 3.68. The van der Waals surface area contributed by atoms with Crippen molar-refractivity contribution in [2.24, 2.45) is 5.41 Å². The van der Waals surface area contributed by atoms with E-state index in [0.29, 0.717) is 0 Å². The van der Waals surface area contributed by atoms with Crippen molar-refractivity contribution in [3.63, 3.8) is 0 Å². The van der Waals surface area contributed by atoms with E-state index < -0.39 is 11.4 Å². The van der Waals surface area contributed by atoms with E-state index in [1.807, 2.05) is 6.07 Å². The van der Waals surface area contributed by atoms with Crippen LogP contribution in [0.25, 0.3) is 0 Å². The second-order valence-corrected chi connectivity index (χ2v) is 2.60. The lowest BCUT2D eigenvalue weighted by Crippen LogP contribution is -2.32. The molecule has 0 spiro atoms. The van der Waals surface area contributed by atoms with Crippen molar-refractivity contribution in [2.75, 3.05) is 20.3 Å². The average molecular weight is 171 g/mol. The summed E-state index contributed by atoms with van der Waals surface area (Å²) in [6, 6.07) is 1.86. The van der Waals surface area contributed by atoms with Gasteiger partial charge in [-0.2, -0.15) is 5.26 Å². The van der Waals surface area contributed by atoms with E-state index in [1.54, 1.807) is 6.92 Å². The number of nitrogens with zero attached hydrogens (tertiary/aromatic N) is 1. The third-order valence-electron chi connectivity index (χ3n) is 1.41. The molecule has 0 N–H and O–H groups in total. The highest BCUT2D eigenvalue weighted by molar-refractivity contribution is 5.79. The smallest absolute Gasteiger partial charge is 0.328 e. The molecular weight excluding hydrogens is 158 g/mol. The van der Waals surface area contributed by atoms with Gasteiger partial charge in [-0.15, -0.1) is 0 Å². The first kappa shape index (κ1) is 10.9. The number of esters is 1. The molecule has 0 aliphatic rings. The number of carbonyl (C=O) groups is 1. The number of nitriles is 1. The van der Waals surface area contributed by atoms with E-state index in [-0.39, 0.29) is 13.2 Å². The minimum Gasteiger partial charge on any atom is -0.465 e. The summed E-state index contributed by atoms with van der Waals surface area (Å²) in [5, 5.41) is 8.68. The summed E-state index contributed by atoms with van der Waals surface area (Å²) < 4.78 is 9.45. The van der Waals surface area contributed by atoms with Crippen LogP contribution < -0.4 is 0 Å². The maximum Gasteiger partial charge on any atom is 0.328 e. The Morgan fingerprint density at radius 2 is 2.25 bits per heavy atom. The quantitative estimate of drug-likeness (QED) is 0.585. The second-order valence-electron chi connectivity index (χ2n) is 2.60. The third-order valence-corrected chi connectivity index (χ3v) is 1.41. The zero-order valence-electron chi connectivity index (χ0n) is 7.59. The third kappa shape index (κ3) is 2.51. The minimum absolute atomic E-state index is 0.0579. The molecule has 1 atom stereocenters. The highest BCUT2D eigenvalue weighted by Gasteiger charge is 2.34. The Balaban J connectivity index is 4.32. The molecule has 68 valence electrons. The van der Waals surface area contributed by atoms with Crippen molar-refractivity contribution < 1.29 is 14.3 Å². The lowest BCUT2D eigenvalue weighted by Gasteiger charge is -2.17. The zero-order valence-corrected chi connectivity index (χ0v) is 7.59. The lowest BCUT2D eigenvalue weighted by molar-refractivity contribution is -0.153. The molecular formula is C8H13NO3. The number of methoxy groups -OCH3 is 1. The Morgan fingerprint density at radius 3 is 2.58 bits per heavy atom. The SMILES string of the molecule is CCOC(=O)C(C)(C#N)COC. The van der Waals surface area contributed by atoms with E-state index in [9.17, 15) is 4.79 Å². The van der Waals surface area contributed by atoms with Gasteiger partial charge < -0.3 is 9.47 Å². The van der Waals surface area contributed by atoms with Crippen molar-refractivity contribution in [3.05, 3.63) is 0 Å². The van der Waals surface area contributed by atoms with Gasteiger partial charge in [0.1, 0.15) is 0 Å². The molecule has 4 nitrogen and oxygen atoms in total. The molecule has 4 heteroatoms. The minimum atomic E-state index is -1.18. The number of rotatable bonds is 4. The molecule has 0 saturated heterocycles. The summed E-state index contributed by atoms with van der Waals surface area (Å²) in [7, 11) is 1.44. The van der Waals surface area contributed by atoms with Gasteiger partial charge in [0.25, 0.3) is 0 Å². The monoisotopic (exact) mass is 171 g/mol. The topological polar surface area (TPSA) is 59.3 Å². The molecule has 0 radical (unpaired) electrons. The Kier molecular flexibility index (Phi) is 4.30. The number of carbonyl (C=O) groups excluding carboxylic acids is 1. The van der Waals surface area contributed by atoms with Crippen molar-refractivity contribution in [1.82, 2.24) is 0 Å². The molecule has 0 rings (SSSR count). The predicted molar refractivity (Wildman–Crippen MR) is 42.2 cm³/mol. The molecule has 12 heavy (non-hydrogen) atoms. The van der Waals surface area contributed by atoms with E-state index in [4.69, 9.17) is 14.7 Å². The predicted octanol–water partition coefficient (Wildman–Crippen LogP) is 0.726. The highest BCUT2D eigenvalue weighted by Crippen LogP contribution is 2.17. The van der Waals surface area contributed by atoms with Gasteiger partial charge in [-0.05, 0) is 13.8 Å². The van der Waals surface area contributed by atoms with E-state index >= 15 is 0 Å². The molecule has 0 heterocycles. The molecule has 0 aromatic rings. The Hall–Kier alpha value is -1.08. The molecule has 0 bridgehead atoms. The van der Waals surface area contributed by atoms with E-state index in [2.05, 4.69) is 0 Å². The summed E-state index contributed by atoms with van der Waals surface area (Å²) in [5.41, 5.74) is -1.18. The Morgan fingerprint density at radius 1 is 1.67 bits per heavy atom. The van der Waals surface area contributed by atoms with E-state index in [0.717, 1.165) is 0 Å². The summed E-state index contributed by atoms with van der Waals surface area (Å²) in [5.74, 6) is -0.533. The van der Waals surface area contributed by atoms with Gasteiger partial charge in [0.05, 0.1) is 19.3 Å². The van der Waals surface area contributed by atoms with Crippen LogP contribution >= 0.6 is 0 Å². The molecule has 0 aromatic carbocycles.